The summed E-state index contributed by atoms with van der Waals surface area (Å²) in [5.74, 6) is 0. The zero-order chi connectivity index (χ0) is 12.0. The van der Waals surface area contributed by atoms with Crippen LogP contribution in [0.25, 0.3) is 0 Å². The maximum atomic E-state index is 11.3. The number of nitriles is 1. The van der Waals surface area contributed by atoms with Gasteiger partial charge in [0.2, 0.25) is 0 Å². The van der Waals surface area contributed by atoms with E-state index in [1.165, 1.54) is 10.8 Å². The summed E-state index contributed by atoms with van der Waals surface area (Å²) in [5, 5.41) is 8.63. The Hall–Kier alpha value is -1.87. The van der Waals surface area contributed by atoms with Crippen LogP contribution in [0.5, 0.6) is 0 Å². The molecule has 0 aliphatic heterocycles. The Morgan fingerprint density at radius 1 is 1.56 bits per heavy atom. The second kappa shape index (κ2) is 5.88. The van der Waals surface area contributed by atoms with E-state index in [4.69, 9.17) is 10.00 Å². The summed E-state index contributed by atoms with van der Waals surface area (Å²) in [6.07, 6.45) is 1.93. The molecule has 0 amide bonds. The molecule has 0 aromatic carbocycles. The van der Waals surface area contributed by atoms with Gasteiger partial charge >= 0.3 is 5.69 Å². The van der Waals surface area contributed by atoms with E-state index >= 15 is 0 Å². The topological polar surface area (TPSA) is 87.9 Å². The van der Waals surface area contributed by atoms with Crippen LogP contribution >= 0.6 is 0 Å². The van der Waals surface area contributed by atoms with Crippen LogP contribution in [0.4, 0.5) is 0 Å². The Balaban J connectivity index is 2.77. The van der Waals surface area contributed by atoms with E-state index < -0.39 is 11.2 Å². The SMILES string of the molecule is CCOCCCn1cc(C#N)c(=O)[nH]c1=O. The average Bonchev–Trinajstić information content (AvgIpc) is 2.27. The summed E-state index contributed by atoms with van der Waals surface area (Å²) in [5.41, 5.74) is -1.20. The molecule has 0 unspecified atom stereocenters. The van der Waals surface area contributed by atoms with E-state index in [0.717, 1.165) is 0 Å². The molecule has 16 heavy (non-hydrogen) atoms. The number of hydrogen-bond donors (Lipinski definition) is 1. The van der Waals surface area contributed by atoms with Crippen LogP contribution < -0.4 is 11.2 Å². The van der Waals surface area contributed by atoms with Crippen molar-refractivity contribution in [2.45, 2.75) is 19.9 Å². The fourth-order valence-electron chi connectivity index (χ4n) is 1.24. The van der Waals surface area contributed by atoms with Gasteiger partial charge in [-0.1, -0.05) is 0 Å². The van der Waals surface area contributed by atoms with Gasteiger partial charge in [0.15, 0.2) is 0 Å². The van der Waals surface area contributed by atoms with Gasteiger partial charge in [-0.3, -0.25) is 14.3 Å². The zero-order valence-electron chi connectivity index (χ0n) is 9.02. The molecule has 6 nitrogen and oxygen atoms in total. The molecule has 1 heterocycles. The average molecular weight is 223 g/mol. The van der Waals surface area contributed by atoms with Crippen molar-refractivity contribution in [1.82, 2.24) is 9.55 Å². The molecule has 0 aliphatic rings. The van der Waals surface area contributed by atoms with Gasteiger partial charge in [0.05, 0.1) is 0 Å². The van der Waals surface area contributed by atoms with Crippen LogP contribution in [0.15, 0.2) is 15.8 Å². The fourth-order valence-corrected chi connectivity index (χ4v) is 1.24. The van der Waals surface area contributed by atoms with Crippen LogP contribution in [0, 0.1) is 11.3 Å². The number of aryl methyl sites for hydroxylation is 1. The molecular weight excluding hydrogens is 210 g/mol. The van der Waals surface area contributed by atoms with E-state index in [1.807, 2.05) is 6.92 Å². The normalized spacial score (nSPS) is 10.0. The lowest BCUT2D eigenvalue weighted by molar-refractivity contribution is 0.141. The second-order valence-corrected chi connectivity index (χ2v) is 3.16. The maximum Gasteiger partial charge on any atom is 0.328 e. The molecule has 86 valence electrons. The fraction of sp³-hybridized carbons (Fsp3) is 0.500. The Labute approximate surface area is 92.1 Å². The molecule has 0 spiro atoms. The highest BCUT2D eigenvalue weighted by Gasteiger charge is 2.03. The molecule has 0 fully saturated rings. The molecule has 0 bridgehead atoms. The largest absolute Gasteiger partial charge is 0.382 e. The predicted octanol–water partition coefficient (Wildman–Crippen LogP) is -0.165. The first-order valence-electron chi connectivity index (χ1n) is 5.00. The van der Waals surface area contributed by atoms with Gasteiger partial charge in [-0.2, -0.15) is 5.26 Å². The summed E-state index contributed by atoms with van der Waals surface area (Å²) in [4.78, 5) is 24.5. The Bertz CT molecular complexity index is 495. The number of rotatable bonds is 5. The molecule has 0 aliphatic carbocycles. The van der Waals surface area contributed by atoms with Gasteiger partial charge in [-0.15, -0.1) is 0 Å². The summed E-state index contributed by atoms with van der Waals surface area (Å²) in [6.45, 7) is 3.48. The first-order valence-corrected chi connectivity index (χ1v) is 5.00. The molecule has 0 saturated heterocycles. The van der Waals surface area contributed by atoms with Crippen molar-refractivity contribution < 1.29 is 4.74 Å². The Kier molecular flexibility index (Phi) is 4.48. The highest BCUT2D eigenvalue weighted by molar-refractivity contribution is 5.21. The van der Waals surface area contributed by atoms with Gasteiger partial charge < -0.3 is 4.74 Å². The van der Waals surface area contributed by atoms with E-state index in [9.17, 15) is 9.59 Å². The first kappa shape index (κ1) is 12.2. The van der Waals surface area contributed by atoms with Crippen LogP contribution in [0.3, 0.4) is 0 Å². The summed E-state index contributed by atoms with van der Waals surface area (Å²) >= 11 is 0. The first-order chi connectivity index (χ1) is 7.69. The van der Waals surface area contributed by atoms with Gasteiger partial charge in [0.25, 0.3) is 5.56 Å². The van der Waals surface area contributed by atoms with Crippen LogP contribution in [-0.4, -0.2) is 22.8 Å². The van der Waals surface area contributed by atoms with E-state index in [0.29, 0.717) is 26.2 Å². The lowest BCUT2D eigenvalue weighted by atomic mass is 10.3. The minimum absolute atomic E-state index is 0.0593. The predicted molar refractivity (Wildman–Crippen MR) is 57.1 cm³/mol. The van der Waals surface area contributed by atoms with Gasteiger partial charge in [-0.05, 0) is 13.3 Å². The van der Waals surface area contributed by atoms with Crippen molar-refractivity contribution in [3.8, 4) is 6.07 Å². The minimum atomic E-state index is -0.645. The monoisotopic (exact) mass is 223 g/mol. The van der Waals surface area contributed by atoms with Crippen molar-refractivity contribution in [2.75, 3.05) is 13.2 Å². The highest BCUT2D eigenvalue weighted by Crippen LogP contribution is 1.89. The Morgan fingerprint density at radius 3 is 2.94 bits per heavy atom. The smallest absolute Gasteiger partial charge is 0.328 e. The van der Waals surface area contributed by atoms with Crippen molar-refractivity contribution >= 4 is 0 Å². The van der Waals surface area contributed by atoms with Crippen molar-refractivity contribution in [2.24, 2.45) is 0 Å². The number of hydrogen-bond acceptors (Lipinski definition) is 4. The molecule has 0 radical (unpaired) electrons. The lowest BCUT2D eigenvalue weighted by Gasteiger charge is -2.04. The molecule has 6 heteroatoms. The number of nitrogens with one attached hydrogen (secondary N) is 1. The third-order valence-electron chi connectivity index (χ3n) is 2.02. The lowest BCUT2D eigenvalue weighted by Crippen LogP contribution is -2.31. The van der Waals surface area contributed by atoms with Crippen LogP contribution in [0.2, 0.25) is 0 Å². The number of ether oxygens (including phenoxy) is 1. The van der Waals surface area contributed by atoms with Crippen LogP contribution in [-0.2, 0) is 11.3 Å². The van der Waals surface area contributed by atoms with Gasteiger partial charge in [0.1, 0.15) is 11.6 Å². The van der Waals surface area contributed by atoms with Crippen LogP contribution in [0.1, 0.15) is 18.9 Å². The molecule has 1 rings (SSSR count). The zero-order valence-corrected chi connectivity index (χ0v) is 9.02. The maximum absolute atomic E-state index is 11.3. The van der Waals surface area contributed by atoms with E-state index in [1.54, 1.807) is 6.07 Å². The number of aromatic amines is 1. The van der Waals surface area contributed by atoms with Crippen molar-refractivity contribution in [3.05, 3.63) is 32.6 Å². The van der Waals surface area contributed by atoms with E-state index in [-0.39, 0.29) is 5.56 Å². The number of nitrogens with zero attached hydrogens (tertiary/aromatic N) is 2. The molecule has 1 N–H and O–H groups in total. The third kappa shape index (κ3) is 3.07. The summed E-state index contributed by atoms with van der Waals surface area (Å²) < 4.78 is 6.43. The standard InChI is InChI=1S/C10H13N3O3/c1-2-16-5-3-4-13-7-8(6-11)9(14)12-10(13)15/h7H,2-5H2,1H3,(H,12,14,15). The van der Waals surface area contributed by atoms with Crippen molar-refractivity contribution in [3.63, 3.8) is 0 Å². The van der Waals surface area contributed by atoms with Gasteiger partial charge in [0, 0.05) is 26.0 Å². The van der Waals surface area contributed by atoms with E-state index in [2.05, 4.69) is 4.98 Å². The Morgan fingerprint density at radius 2 is 2.31 bits per heavy atom. The molecule has 1 aromatic rings. The highest BCUT2D eigenvalue weighted by atomic mass is 16.5. The van der Waals surface area contributed by atoms with Crippen molar-refractivity contribution in [1.29, 1.82) is 5.26 Å². The number of H-pyrrole nitrogens is 1. The quantitative estimate of drug-likeness (QED) is 0.702. The minimum Gasteiger partial charge on any atom is -0.382 e. The third-order valence-corrected chi connectivity index (χ3v) is 2.02. The second-order valence-electron chi connectivity index (χ2n) is 3.16. The summed E-state index contributed by atoms with van der Waals surface area (Å²) in [7, 11) is 0. The molecule has 1 aromatic heterocycles. The van der Waals surface area contributed by atoms with Gasteiger partial charge in [-0.25, -0.2) is 4.79 Å². The summed E-state index contributed by atoms with van der Waals surface area (Å²) in [6, 6.07) is 1.73. The number of aromatic nitrogens is 2. The molecular formula is C10H13N3O3. The molecule has 0 atom stereocenters. The molecule has 0 saturated carbocycles.